The van der Waals surface area contributed by atoms with Crippen LogP contribution < -0.4 is 11.3 Å². The lowest BCUT2D eigenvalue weighted by atomic mass is 10.1. The summed E-state index contributed by atoms with van der Waals surface area (Å²) in [5.41, 5.74) is 4.61. The van der Waals surface area contributed by atoms with Gasteiger partial charge in [0.15, 0.2) is 0 Å². The van der Waals surface area contributed by atoms with Crippen LogP contribution in [-0.4, -0.2) is 11.8 Å². The van der Waals surface area contributed by atoms with Crippen molar-refractivity contribution in [2.45, 2.75) is 24.3 Å². The fourth-order valence-corrected chi connectivity index (χ4v) is 3.25. The Balaban J connectivity index is 1.99. The van der Waals surface area contributed by atoms with E-state index in [1.807, 2.05) is 12.1 Å². The average Bonchev–Trinajstić information content (AvgIpc) is 2.47. The summed E-state index contributed by atoms with van der Waals surface area (Å²) in [6.45, 7) is 2.08. The first-order valence-corrected chi connectivity index (χ1v) is 8.05. The van der Waals surface area contributed by atoms with Gasteiger partial charge in [-0.15, -0.1) is 11.8 Å². The molecule has 0 fully saturated rings. The van der Waals surface area contributed by atoms with E-state index in [1.165, 1.54) is 16.5 Å². The number of halogens is 2. The zero-order chi connectivity index (χ0) is 15.2. The van der Waals surface area contributed by atoms with Gasteiger partial charge in [0.05, 0.1) is 0 Å². The van der Waals surface area contributed by atoms with Crippen LogP contribution in [0, 0.1) is 12.7 Å². The molecule has 2 aromatic carbocycles. The van der Waals surface area contributed by atoms with E-state index >= 15 is 0 Å². The number of hydrogen-bond acceptors (Lipinski definition) is 3. The molecule has 0 amide bonds. The second-order valence-electron chi connectivity index (χ2n) is 4.88. The van der Waals surface area contributed by atoms with Gasteiger partial charge >= 0.3 is 0 Å². The molecule has 21 heavy (non-hydrogen) atoms. The maximum atomic E-state index is 13.8. The number of rotatable bonds is 6. The van der Waals surface area contributed by atoms with E-state index in [0.717, 1.165) is 5.75 Å². The van der Waals surface area contributed by atoms with Crippen LogP contribution in [0.5, 0.6) is 0 Å². The van der Waals surface area contributed by atoms with Crippen molar-refractivity contribution in [3.63, 3.8) is 0 Å². The fourth-order valence-electron chi connectivity index (χ4n) is 2.03. The van der Waals surface area contributed by atoms with Crippen LogP contribution in [0.2, 0.25) is 5.02 Å². The third kappa shape index (κ3) is 4.71. The third-order valence-corrected chi connectivity index (χ3v) is 4.82. The van der Waals surface area contributed by atoms with Gasteiger partial charge in [0.2, 0.25) is 0 Å². The van der Waals surface area contributed by atoms with Gasteiger partial charge < -0.3 is 0 Å². The van der Waals surface area contributed by atoms with Crippen molar-refractivity contribution >= 4 is 23.4 Å². The van der Waals surface area contributed by atoms with Crippen LogP contribution in [-0.2, 0) is 6.42 Å². The van der Waals surface area contributed by atoms with Crippen molar-refractivity contribution < 1.29 is 4.39 Å². The average molecular weight is 325 g/mol. The lowest BCUT2D eigenvalue weighted by Crippen LogP contribution is -2.38. The van der Waals surface area contributed by atoms with E-state index in [1.54, 1.807) is 23.9 Å². The molecule has 0 saturated carbocycles. The number of nitrogens with one attached hydrogen (secondary N) is 1. The molecule has 0 saturated heterocycles. The third-order valence-electron chi connectivity index (χ3n) is 3.25. The minimum absolute atomic E-state index is 0.00900. The number of nitrogens with two attached hydrogens (primary N) is 1. The molecule has 5 heteroatoms. The molecular weight excluding hydrogens is 307 g/mol. The molecule has 0 bridgehead atoms. The number of benzene rings is 2. The predicted molar refractivity (Wildman–Crippen MR) is 88.1 cm³/mol. The summed E-state index contributed by atoms with van der Waals surface area (Å²) in [5, 5.41) is 0.405. The van der Waals surface area contributed by atoms with E-state index in [-0.39, 0.29) is 11.9 Å². The maximum absolute atomic E-state index is 13.8. The van der Waals surface area contributed by atoms with Gasteiger partial charge in [0, 0.05) is 21.7 Å². The molecule has 0 aliphatic carbocycles. The topological polar surface area (TPSA) is 38.0 Å². The van der Waals surface area contributed by atoms with Crippen LogP contribution in [0.15, 0.2) is 47.4 Å². The van der Waals surface area contributed by atoms with Crippen molar-refractivity contribution in [1.29, 1.82) is 0 Å². The number of hydrogen-bond donors (Lipinski definition) is 2. The van der Waals surface area contributed by atoms with Crippen LogP contribution in [0.3, 0.4) is 0 Å². The molecular formula is C16H18ClFN2S. The summed E-state index contributed by atoms with van der Waals surface area (Å²) < 4.78 is 13.8. The highest BCUT2D eigenvalue weighted by Gasteiger charge is 2.12. The molecule has 112 valence electrons. The van der Waals surface area contributed by atoms with E-state index in [0.29, 0.717) is 17.0 Å². The Hall–Kier alpha value is -1.07. The van der Waals surface area contributed by atoms with Crippen LogP contribution in [0.25, 0.3) is 0 Å². The lowest BCUT2D eigenvalue weighted by molar-refractivity contribution is 0.546. The molecule has 1 atom stereocenters. The molecule has 0 heterocycles. The lowest BCUT2D eigenvalue weighted by Gasteiger charge is -2.16. The molecule has 0 aliphatic heterocycles. The summed E-state index contributed by atoms with van der Waals surface area (Å²) in [4.78, 5) is 1.22. The normalized spacial score (nSPS) is 12.4. The molecule has 0 aromatic heterocycles. The van der Waals surface area contributed by atoms with Gasteiger partial charge in [-0.25, -0.2) is 4.39 Å². The van der Waals surface area contributed by atoms with Crippen molar-refractivity contribution in [2.24, 2.45) is 5.84 Å². The van der Waals surface area contributed by atoms with Crippen molar-refractivity contribution in [3.05, 3.63) is 64.4 Å². The van der Waals surface area contributed by atoms with Crippen LogP contribution in [0.4, 0.5) is 4.39 Å². The minimum atomic E-state index is -0.288. The number of thioether (sulfide) groups is 1. The number of hydrazine groups is 1. The zero-order valence-corrected chi connectivity index (χ0v) is 13.3. The first-order chi connectivity index (χ1) is 10.1. The smallest absolute Gasteiger partial charge is 0.127 e. The second-order valence-corrected chi connectivity index (χ2v) is 6.38. The monoisotopic (exact) mass is 324 g/mol. The van der Waals surface area contributed by atoms with Crippen molar-refractivity contribution in [3.8, 4) is 0 Å². The van der Waals surface area contributed by atoms with Crippen LogP contribution in [0.1, 0.15) is 11.1 Å². The highest BCUT2D eigenvalue weighted by atomic mass is 35.5. The standard InChI is InChI=1S/C16H18ClFN2S/c1-11-4-2-3-5-16(11)21-10-14(20-19)8-12-6-7-13(17)9-15(12)18/h2-7,9,14,20H,8,10,19H2,1H3. The number of aryl methyl sites for hydroxylation is 1. The Morgan fingerprint density at radius 2 is 2.05 bits per heavy atom. The van der Waals surface area contributed by atoms with Gasteiger partial charge in [-0.2, -0.15) is 0 Å². The Morgan fingerprint density at radius 3 is 2.71 bits per heavy atom. The largest absolute Gasteiger partial charge is 0.271 e. The zero-order valence-electron chi connectivity index (χ0n) is 11.8. The first-order valence-electron chi connectivity index (χ1n) is 6.68. The van der Waals surface area contributed by atoms with E-state index < -0.39 is 0 Å². The molecule has 3 N–H and O–H groups in total. The molecule has 0 aliphatic rings. The maximum Gasteiger partial charge on any atom is 0.127 e. The predicted octanol–water partition coefficient (Wildman–Crippen LogP) is 3.95. The first kappa shape index (κ1) is 16.3. The summed E-state index contributed by atoms with van der Waals surface area (Å²) in [7, 11) is 0. The summed E-state index contributed by atoms with van der Waals surface area (Å²) in [6.07, 6.45) is 0.526. The molecule has 2 aromatic rings. The van der Waals surface area contributed by atoms with E-state index in [9.17, 15) is 4.39 Å². The van der Waals surface area contributed by atoms with Crippen molar-refractivity contribution in [1.82, 2.24) is 5.43 Å². The Labute approximate surface area is 133 Å². The fraction of sp³-hybridized carbons (Fsp3) is 0.250. The second kappa shape index (κ2) is 7.80. The SMILES string of the molecule is Cc1ccccc1SCC(Cc1ccc(Cl)cc1F)NN. The molecule has 0 spiro atoms. The highest BCUT2D eigenvalue weighted by molar-refractivity contribution is 7.99. The Kier molecular flexibility index (Phi) is 6.06. The highest BCUT2D eigenvalue weighted by Crippen LogP contribution is 2.24. The Bertz CT molecular complexity index is 607. The van der Waals surface area contributed by atoms with Gasteiger partial charge in [-0.3, -0.25) is 11.3 Å². The van der Waals surface area contributed by atoms with Gasteiger partial charge in [-0.05, 0) is 42.7 Å². The summed E-state index contributed by atoms with van der Waals surface area (Å²) >= 11 is 7.48. The van der Waals surface area contributed by atoms with E-state index in [4.69, 9.17) is 17.4 Å². The summed E-state index contributed by atoms with van der Waals surface area (Å²) in [6, 6.07) is 12.9. The Morgan fingerprint density at radius 1 is 1.29 bits per heavy atom. The van der Waals surface area contributed by atoms with E-state index in [2.05, 4.69) is 24.5 Å². The van der Waals surface area contributed by atoms with Crippen LogP contribution >= 0.6 is 23.4 Å². The van der Waals surface area contributed by atoms with Gasteiger partial charge in [0.25, 0.3) is 0 Å². The quantitative estimate of drug-likeness (QED) is 0.480. The molecule has 2 nitrogen and oxygen atoms in total. The van der Waals surface area contributed by atoms with Gasteiger partial charge in [0.1, 0.15) is 5.82 Å². The van der Waals surface area contributed by atoms with Gasteiger partial charge in [-0.1, -0.05) is 35.9 Å². The summed E-state index contributed by atoms with van der Waals surface area (Å²) in [5.74, 6) is 6.07. The molecule has 0 radical (unpaired) electrons. The molecule has 2 rings (SSSR count). The molecule has 1 unspecified atom stereocenters. The minimum Gasteiger partial charge on any atom is -0.271 e. The van der Waals surface area contributed by atoms with Crippen molar-refractivity contribution in [2.75, 3.05) is 5.75 Å².